The van der Waals surface area contributed by atoms with Crippen molar-refractivity contribution in [1.29, 1.82) is 0 Å². The van der Waals surface area contributed by atoms with Gasteiger partial charge >= 0.3 is 0 Å². The number of aromatic nitrogens is 2. The predicted molar refractivity (Wildman–Crippen MR) is 52.5 cm³/mol. The van der Waals surface area contributed by atoms with Gasteiger partial charge in [0.15, 0.2) is 0 Å². The van der Waals surface area contributed by atoms with Gasteiger partial charge in [0.2, 0.25) is 0 Å². The molecule has 1 fully saturated rings. The number of rotatable bonds is 4. The molecule has 0 unspecified atom stereocenters. The number of nitrogens with one attached hydrogen (secondary N) is 1. The number of hydrogen-bond donors (Lipinski definition) is 1. The van der Waals surface area contributed by atoms with E-state index in [-0.39, 0.29) is 0 Å². The van der Waals surface area contributed by atoms with Gasteiger partial charge in [-0.1, -0.05) is 0 Å². The van der Waals surface area contributed by atoms with Crippen molar-refractivity contribution in [3.63, 3.8) is 0 Å². The molecule has 1 saturated carbocycles. The fraction of sp³-hybridized carbons (Fsp3) is 0.700. The maximum absolute atomic E-state index is 4.16. The Kier molecular flexibility index (Phi) is 2.36. The predicted octanol–water partition coefficient (Wildman–Crippen LogP) is 1.72. The van der Waals surface area contributed by atoms with E-state index >= 15 is 0 Å². The fourth-order valence-electron chi connectivity index (χ4n) is 1.47. The van der Waals surface area contributed by atoms with Gasteiger partial charge in [-0.2, -0.15) is 0 Å². The highest BCUT2D eigenvalue weighted by molar-refractivity contribution is 5.00. The van der Waals surface area contributed by atoms with Gasteiger partial charge in [0, 0.05) is 24.8 Å². The molecular weight excluding hydrogens is 162 g/mol. The molecule has 2 rings (SSSR count). The molecular formula is C10H17N3. The monoisotopic (exact) mass is 179 g/mol. The second-order valence-corrected chi connectivity index (χ2v) is 4.04. The van der Waals surface area contributed by atoms with Gasteiger partial charge in [-0.3, -0.25) is 0 Å². The van der Waals surface area contributed by atoms with Crippen LogP contribution in [0.25, 0.3) is 0 Å². The van der Waals surface area contributed by atoms with E-state index in [1.807, 2.05) is 12.5 Å². The Balaban J connectivity index is 1.96. The first kappa shape index (κ1) is 8.75. The lowest BCUT2D eigenvalue weighted by Gasteiger charge is -2.11. The molecule has 1 heterocycles. The van der Waals surface area contributed by atoms with Gasteiger partial charge in [0.1, 0.15) is 0 Å². The molecule has 1 aliphatic carbocycles. The average Bonchev–Trinajstić information content (AvgIpc) is 2.79. The molecule has 13 heavy (non-hydrogen) atoms. The van der Waals surface area contributed by atoms with Crippen LogP contribution in [-0.4, -0.2) is 15.6 Å². The standard InChI is InChI=1S/C10H17N3/c1-8(2)13-7-11-5-10(13)6-12-9-3-4-9/h5,7-9,12H,3-4,6H2,1-2H3. The third-order valence-corrected chi connectivity index (χ3v) is 2.45. The van der Waals surface area contributed by atoms with E-state index < -0.39 is 0 Å². The van der Waals surface area contributed by atoms with Gasteiger partial charge in [0.25, 0.3) is 0 Å². The van der Waals surface area contributed by atoms with Crippen molar-refractivity contribution >= 4 is 0 Å². The van der Waals surface area contributed by atoms with Gasteiger partial charge in [0.05, 0.1) is 12.0 Å². The summed E-state index contributed by atoms with van der Waals surface area (Å²) in [5, 5.41) is 3.49. The van der Waals surface area contributed by atoms with E-state index in [4.69, 9.17) is 0 Å². The molecule has 1 aliphatic rings. The second-order valence-electron chi connectivity index (χ2n) is 4.04. The van der Waals surface area contributed by atoms with E-state index in [1.54, 1.807) is 0 Å². The SMILES string of the molecule is CC(C)n1cncc1CNC1CC1. The van der Waals surface area contributed by atoms with Crippen LogP contribution in [0.3, 0.4) is 0 Å². The molecule has 0 radical (unpaired) electrons. The topological polar surface area (TPSA) is 29.9 Å². The van der Waals surface area contributed by atoms with Crippen LogP contribution in [0, 0.1) is 0 Å². The summed E-state index contributed by atoms with van der Waals surface area (Å²) in [4.78, 5) is 4.16. The first-order valence-electron chi connectivity index (χ1n) is 5.01. The maximum Gasteiger partial charge on any atom is 0.0951 e. The summed E-state index contributed by atoms with van der Waals surface area (Å²) < 4.78 is 2.22. The minimum absolute atomic E-state index is 0.513. The third kappa shape index (κ3) is 2.10. The van der Waals surface area contributed by atoms with Crippen molar-refractivity contribution in [2.75, 3.05) is 0 Å². The Hall–Kier alpha value is -0.830. The molecule has 0 aromatic carbocycles. The summed E-state index contributed by atoms with van der Waals surface area (Å²) in [5.41, 5.74) is 1.29. The lowest BCUT2D eigenvalue weighted by atomic mass is 10.3. The lowest BCUT2D eigenvalue weighted by molar-refractivity contribution is 0.549. The molecule has 0 bridgehead atoms. The van der Waals surface area contributed by atoms with Crippen LogP contribution in [0.15, 0.2) is 12.5 Å². The minimum atomic E-state index is 0.513. The average molecular weight is 179 g/mol. The molecule has 1 N–H and O–H groups in total. The van der Waals surface area contributed by atoms with E-state index in [2.05, 4.69) is 28.7 Å². The number of nitrogens with zero attached hydrogens (tertiary/aromatic N) is 2. The quantitative estimate of drug-likeness (QED) is 0.762. The smallest absolute Gasteiger partial charge is 0.0951 e. The first-order chi connectivity index (χ1) is 6.27. The normalized spacial score (nSPS) is 16.8. The molecule has 0 spiro atoms. The van der Waals surface area contributed by atoms with Gasteiger partial charge < -0.3 is 9.88 Å². The summed E-state index contributed by atoms with van der Waals surface area (Å²) >= 11 is 0. The number of hydrogen-bond acceptors (Lipinski definition) is 2. The highest BCUT2D eigenvalue weighted by Crippen LogP contribution is 2.19. The molecule has 3 nitrogen and oxygen atoms in total. The molecule has 1 aromatic rings. The van der Waals surface area contributed by atoms with E-state index in [0.29, 0.717) is 6.04 Å². The van der Waals surface area contributed by atoms with Crippen LogP contribution in [0.2, 0.25) is 0 Å². The Morgan fingerprint density at radius 3 is 3.00 bits per heavy atom. The lowest BCUT2D eigenvalue weighted by Crippen LogP contribution is -2.18. The fourth-order valence-corrected chi connectivity index (χ4v) is 1.47. The highest BCUT2D eigenvalue weighted by atomic mass is 15.1. The Labute approximate surface area is 79.2 Å². The zero-order valence-corrected chi connectivity index (χ0v) is 8.33. The molecule has 1 aromatic heterocycles. The van der Waals surface area contributed by atoms with Crippen molar-refractivity contribution in [3.8, 4) is 0 Å². The summed E-state index contributed by atoms with van der Waals surface area (Å²) in [5.74, 6) is 0. The van der Waals surface area contributed by atoms with Crippen LogP contribution >= 0.6 is 0 Å². The van der Waals surface area contributed by atoms with Crippen molar-refractivity contribution < 1.29 is 0 Å². The Morgan fingerprint density at radius 1 is 1.62 bits per heavy atom. The van der Waals surface area contributed by atoms with Crippen molar-refractivity contribution in [1.82, 2.24) is 14.9 Å². The summed E-state index contributed by atoms with van der Waals surface area (Å²) in [6.07, 6.45) is 6.55. The second kappa shape index (κ2) is 3.50. The minimum Gasteiger partial charge on any atom is -0.331 e. The van der Waals surface area contributed by atoms with Crippen molar-refractivity contribution in [2.45, 2.75) is 45.3 Å². The van der Waals surface area contributed by atoms with E-state index in [0.717, 1.165) is 12.6 Å². The molecule has 0 amide bonds. The summed E-state index contributed by atoms with van der Waals surface area (Å²) in [7, 11) is 0. The maximum atomic E-state index is 4.16. The first-order valence-corrected chi connectivity index (χ1v) is 5.01. The van der Waals surface area contributed by atoms with Gasteiger partial charge in [-0.25, -0.2) is 4.98 Å². The molecule has 0 atom stereocenters. The summed E-state index contributed by atoms with van der Waals surface area (Å²) in [6, 6.07) is 1.29. The molecule has 0 aliphatic heterocycles. The van der Waals surface area contributed by atoms with Crippen LogP contribution < -0.4 is 5.32 Å². The molecule has 3 heteroatoms. The zero-order valence-electron chi connectivity index (χ0n) is 8.33. The van der Waals surface area contributed by atoms with Crippen LogP contribution in [0.4, 0.5) is 0 Å². The van der Waals surface area contributed by atoms with Crippen LogP contribution in [0.1, 0.15) is 38.4 Å². The zero-order chi connectivity index (χ0) is 9.26. The van der Waals surface area contributed by atoms with E-state index in [9.17, 15) is 0 Å². The number of imidazole rings is 1. The highest BCUT2D eigenvalue weighted by Gasteiger charge is 2.20. The largest absolute Gasteiger partial charge is 0.331 e. The molecule has 0 saturated heterocycles. The Morgan fingerprint density at radius 2 is 2.38 bits per heavy atom. The van der Waals surface area contributed by atoms with E-state index in [1.165, 1.54) is 18.5 Å². The van der Waals surface area contributed by atoms with Crippen LogP contribution in [-0.2, 0) is 6.54 Å². The van der Waals surface area contributed by atoms with Gasteiger partial charge in [-0.15, -0.1) is 0 Å². The van der Waals surface area contributed by atoms with Crippen molar-refractivity contribution in [3.05, 3.63) is 18.2 Å². The van der Waals surface area contributed by atoms with Crippen molar-refractivity contribution in [2.24, 2.45) is 0 Å². The third-order valence-electron chi connectivity index (χ3n) is 2.45. The summed E-state index contributed by atoms with van der Waals surface area (Å²) in [6.45, 7) is 5.33. The van der Waals surface area contributed by atoms with Gasteiger partial charge in [-0.05, 0) is 26.7 Å². The Bertz CT molecular complexity index is 273. The molecule has 72 valence electrons. The van der Waals surface area contributed by atoms with Crippen LogP contribution in [0.5, 0.6) is 0 Å².